The number of amides is 1. The molecule has 35 heavy (non-hydrogen) atoms. The van der Waals surface area contributed by atoms with E-state index in [2.05, 4.69) is 0 Å². The van der Waals surface area contributed by atoms with Gasteiger partial charge in [-0.15, -0.1) is 0 Å². The number of hydrogen-bond donors (Lipinski definition) is 1. The average molecular weight is 485 g/mol. The molecule has 0 radical (unpaired) electrons. The number of carbonyl (C=O) groups is 2. The zero-order valence-corrected chi connectivity index (χ0v) is 20.0. The molecule has 3 rings (SSSR count). The highest BCUT2D eigenvalue weighted by Crippen LogP contribution is 2.42. The average Bonchev–Trinajstić information content (AvgIpc) is 3.10. The fourth-order valence-electron chi connectivity index (χ4n) is 3.80. The molecule has 10 heteroatoms. The van der Waals surface area contributed by atoms with Gasteiger partial charge in [-0.05, 0) is 23.6 Å². The van der Waals surface area contributed by atoms with E-state index in [1.807, 2.05) is 13.8 Å². The van der Waals surface area contributed by atoms with E-state index in [0.29, 0.717) is 23.7 Å². The second-order valence-electron chi connectivity index (χ2n) is 8.41. The van der Waals surface area contributed by atoms with Crippen LogP contribution in [0.3, 0.4) is 0 Å². The Morgan fingerprint density at radius 2 is 1.89 bits per heavy atom. The van der Waals surface area contributed by atoms with Crippen molar-refractivity contribution in [3.05, 3.63) is 69.3 Å². The molecule has 2 aromatic rings. The molecule has 1 amide bonds. The molecule has 1 saturated heterocycles. The molecule has 2 aromatic carbocycles. The van der Waals surface area contributed by atoms with Crippen LogP contribution >= 0.6 is 0 Å². The summed E-state index contributed by atoms with van der Waals surface area (Å²) in [4.78, 5) is 38.0. The van der Waals surface area contributed by atoms with Gasteiger partial charge in [-0.25, -0.2) is 0 Å². The van der Waals surface area contributed by atoms with Gasteiger partial charge in [0.05, 0.1) is 36.9 Å². The summed E-state index contributed by atoms with van der Waals surface area (Å²) in [6, 6.07) is 9.30. The summed E-state index contributed by atoms with van der Waals surface area (Å²) in [6.45, 7) is 4.65. The standard InChI is InChI=1S/C25H28N2O8/c1-15(2)14-35-20-13-16(8-9-19(20)34-4)22-21(24(29)25(30)26(22)10-11-33-3)23(28)17-6-5-7-18(12-17)27(31)32/h5-9,12-13,15,22,28H,10-11,14H2,1-4H3/b23-21+. The van der Waals surface area contributed by atoms with Crippen LogP contribution in [0.2, 0.25) is 0 Å². The Hall–Kier alpha value is -3.92. The van der Waals surface area contributed by atoms with E-state index in [1.54, 1.807) is 18.2 Å². The number of rotatable bonds is 10. The van der Waals surface area contributed by atoms with Crippen LogP contribution in [0.1, 0.15) is 31.0 Å². The van der Waals surface area contributed by atoms with Crippen molar-refractivity contribution in [1.29, 1.82) is 0 Å². The van der Waals surface area contributed by atoms with Crippen LogP contribution in [0.15, 0.2) is 48.0 Å². The van der Waals surface area contributed by atoms with Gasteiger partial charge in [-0.1, -0.05) is 32.0 Å². The molecule has 1 fully saturated rings. The maximum absolute atomic E-state index is 13.1. The second-order valence-corrected chi connectivity index (χ2v) is 8.41. The lowest BCUT2D eigenvalue weighted by Gasteiger charge is -2.26. The van der Waals surface area contributed by atoms with Crippen molar-refractivity contribution in [1.82, 2.24) is 4.90 Å². The minimum Gasteiger partial charge on any atom is -0.507 e. The van der Waals surface area contributed by atoms with E-state index in [1.165, 1.54) is 37.3 Å². The van der Waals surface area contributed by atoms with Crippen molar-refractivity contribution in [2.24, 2.45) is 5.92 Å². The minimum absolute atomic E-state index is 0.0544. The summed E-state index contributed by atoms with van der Waals surface area (Å²) in [5, 5.41) is 22.3. The first-order valence-corrected chi connectivity index (χ1v) is 11.0. The van der Waals surface area contributed by atoms with Gasteiger partial charge in [-0.2, -0.15) is 0 Å². The zero-order chi connectivity index (χ0) is 25.7. The van der Waals surface area contributed by atoms with Crippen LogP contribution in [0.25, 0.3) is 5.76 Å². The number of nitrogens with zero attached hydrogens (tertiary/aromatic N) is 2. The lowest BCUT2D eigenvalue weighted by atomic mass is 9.95. The number of non-ortho nitro benzene ring substituents is 1. The predicted molar refractivity (Wildman–Crippen MR) is 127 cm³/mol. The number of methoxy groups -OCH3 is 2. The van der Waals surface area contributed by atoms with E-state index >= 15 is 0 Å². The third kappa shape index (κ3) is 5.43. The number of carbonyl (C=O) groups excluding carboxylic acids is 2. The zero-order valence-electron chi connectivity index (χ0n) is 20.0. The molecule has 1 aliphatic heterocycles. The van der Waals surface area contributed by atoms with Gasteiger partial charge < -0.3 is 24.2 Å². The highest BCUT2D eigenvalue weighted by atomic mass is 16.6. The van der Waals surface area contributed by atoms with Crippen LogP contribution in [-0.4, -0.2) is 60.6 Å². The second kappa shape index (κ2) is 11.0. The number of nitro groups is 1. The summed E-state index contributed by atoms with van der Waals surface area (Å²) in [6.07, 6.45) is 0. The molecule has 1 unspecified atom stereocenters. The van der Waals surface area contributed by atoms with E-state index in [-0.39, 0.29) is 35.9 Å². The molecular formula is C25H28N2O8. The molecule has 0 saturated carbocycles. The highest BCUT2D eigenvalue weighted by molar-refractivity contribution is 6.46. The molecule has 1 N–H and O–H groups in total. The van der Waals surface area contributed by atoms with E-state index in [0.717, 1.165) is 6.07 Å². The van der Waals surface area contributed by atoms with Gasteiger partial charge in [0.25, 0.3) is 17.4 Å². The predicted octanol–water partition coefficient (Wildman–Crippen LogP) is 3.71. The molecule has 0 spiro atoms. The van der Waals surface area contributed by atoms with Crippen molar-refractivity contribution < 1.29 is 33.8 Å². The number of aliphatic hydroxyl groups excluding tert-OH is 1. The molecular weight excluding hydrogens is 456 g/mol. The van der Waals surface area contributed by atoms with Crippen molar-refractivity contribution in [2.75, 3.05) is 34.0 Å². The Bertz CT molecular complexity index is 1160. The quantitative estimate of drug-likeness (QED) is 0.178. The number of ketones is 1. The Labute approximate surface area is 202 Å². The summed E-state index contributed by atoms with van der Waals surface area (Å²) >= 11 is 0. The number of Topliss-reactive ketones (excluding diaryl/α,β-unsaturated/α-hetero) is 1. The van der Waals surface area contributed by atoms with Crippen LogP contribution in [-0.2, 0) is 14.3 Å². The van der Waals surface area contributed by atoms with Gasteiger partial charge in [0.1, 0.15) is 5.76 Å². The Morgan fingerprint density at radius 1 is 1.14 bits per heavy atom. The maximum Gasteiger partial charge on any atom is 0.295 e. The lowest BCUT2D eigenvalue weighted by Crippen LogP contribution is -2.32. The maximum atomic E-state index is 13.1. The summed E-state index contributed by atoms with van der Waals surface area (Å²) in [5.41, 5.74) is 0.130. The molecule has 0 bridgehead atoms. The molecule has 0 aliphatic carbocycles. The van der Waals surface area contributed by atoms with Crippen molar-refractivity contribution in [2.45, 2.75) is 19.9 Å². The fourth-order valence-corrected chi connectivity index (χ4v) is 3.80. The Kier molecular flexibility index (Phi) is 8.08. The molecule has 0 aromatic heterocycles. The SMILES string of the molecule is COCCN1C(=O)C(=O)/C(=C(/O)c2cccc([N+](=O)[O-])c2)C1c1ccc(OC)c(OCC(C)C)c1. The lowest BCUT2D eigenvalue weighted by molar-refractivity contribution is -0.384. The number of nitro benzene ring substituents is 1. The summed E-state index contributed by atoms with van der Waals surface area (Å²) in [5.74, 6) is -1.06. The van der Waals surface area contributed by atoms with E-state index < -0.39 is 28.4 Å². The Balaban J connectivity index is 2.18. The number of likely N-dealkylation sites (tertiary alicyclic amines) is 1. The fraction of sp³-hybridized carbons (Fsp3) is 0.360. The molecule has 1 atom stereocenters. The topological polar surface area (TPSA) is 128 Å². The molecule has 1 heterocycles. The minimum atomic E-state index is -0.961. The van der Waals surface area contributed by atoms with Gasteiger partial charge in [0, 0.05) is 31.4 Å². The van der Waals surface area contributed by atoms with E-state index in [9.17, 15) is 24.8 Å². The normalized spacial score (nSPS) is 17.2. The summed E-state index contributed by atoms with van der Waals surface area (Å²) in [7, 11) is 2.98. The van der Waals surface area contributed by atoms with Gasteiger partial charge >= 0.3 is 0 Å². The number of hydrogen-bond acceptors (Lipinski definition) is 8. The number of aliphatic hydroxyl groups is 1. The third-order valence-corrected chi connectivity index (χ3v) is 5.48. The van der Waals surface area contributed by atoms with Crippen LogP contribution in [0.5, 0.6) is 11.5 Å². The van der Waals surface area contributed by atoms with Crippen molar-refractivity contribution in [3.8, 4) is 11.5 Å². The van der Waals surface area contributed by atoms with Crippen molar-refractivity contribution in [3.63, 3.8) is 0 Å². The van der Waals surface area contributed by atoms with Crippen LogP contribution < -0.4 is 9.47 Å². The van der Waals surface area contributed by atoms with Gasteiger partial charge in [-0.3, -0.25) is 19.7 Å². The smallest absolute Gasteiger partial charge is 0.295 e. The Morgan fingerprint density at radius 3 is 2.51 bits per heavy atom. The first kappa shape index (κ1) is 25.7. The van der Waals surface area contributed by atoms with Crippen LogP contribution in [0.4, 0.5) is 5.69 Å². The van der Waals surface area contributed by atoms with Gasteiger partial charge in [0.2, 0.25) is 0 Å². The third-order valence-electron chi connectivity index (χ3n) is 5.48. The van der Waals surface area contributed by atoms with Crippen LogP contribution in [0, 0.1) is 16.0 Å². The largest absolute Gasteiger partial charge is 0.507 e. The van der Waals surface area contributed by atoms with E-state index in [4.69, 9.17) is 14.2 Å². The molecule has 10 nitrogen and oxygen atoms in total. The molecule has 1 aliphatic rings. The number of benzene rings is 2. The number of ether oxygens (including phenoxy) is 3. The summed E-state index contributed by atoms with van der Waals surface area (Å²) < 4.78 is 16.4. The van der Waals surface area contributed by atoms with Crippen molar-refractivity contribution >= 4 is 23.1 Å². The highest BCUT2D eigenvalue weighted by Gasteiger charge is 2.46. The monoisotopic (exact) mass is 484 g/mol. The first-order valence-electron chi connectivity index (χ1n) is 11.0. The first-order chi connectivity index (χ1) is 16.7. The molecule has 186 valence electrons. The van der Waals surface area contributed by atoms with Gasteiger partial charge in [0.15, 0.2) is 11.5 Å².